The molecule has 2 aromatic carbocycles. The van der Waals surface area contributed by atoms with E-state index in [9.17, 15) is 0 Å². The predicted molar refractivity (Wildman–Crippen MR) is 63.7 cm³/mol. The Morgan fingerprint density at radius 3 is 2.13 bits per heavy atom. The fraction of sp³-hybridized carbons (Fsp3) is 0.286. The van der Waals surface area contributed by atoms with Crippen LogP contribution in [0.15, 0.2) is 36.4 Å². The molecule has 1 heterocycles. The van der Waals surface area contributed by atoms with E-state index in [1.54, 1.807) is 0 Å². The number of hydrogen-bond donors (Lipinski definition) is 0. The zero-order valence-corrected chi connectivity index (χ0v) is 9.03. The molecule has 0 atom stereocenters. The monoisotopic (exact) mass is 197 g/mol. The Labute approximate surface area is 90.3 Å². The fourth-order valence-electron chi connectivity index (χ4n) is 2.53. The first-order chi connectivity index (χ1) is 7.38. The molecule has 1 aliphatic heterocycles. The van der Waals surface area contributed by atoms with Gasteiger partial charge in [0.15, 0.2) is 0 Å². The fourth-order valence-corrected chi connectivity index (χ4v) is 2.53. The summed E-state index contributed by atoms with van der Waals surface area (Å²) in [5.74, 6) is 0. The van der Waals surface area contributed by atoms with Crippen LogP contribution in [0.1, 0.15) is 18.1 Å². The molecule has 76 valence electrons. The second-order valence-electron chi connectivity index (χ2n) is 4.24. The third kappa shape index (κ3) is 1.35. The SMILES string of the molecule is CCN1Cc2cccc3cccc(c23)C1. The van der Waals surface area contributed by atoms with Crippen LogP contribution in [0.25, 0.3) is 10.8 Å². The van der Waals surface area contributed by atoms with Crippen molar-refractivity contribution in [1.82, 2.24) is 4.90 Å². The second-order valence-corrected chi connectivity index (χ2v) is 4.24. The minimum absolute atomic E-state index is 1.10. The summed E-state index contributed by atoms with van der Waals surface area (Å²) in [5, 5.41) is 2.88. The third-order valence-electron chi connectivity index (χ3n) is 3.31. The van der Waals surface area contributed by atoms with Crippen LogP contribution in [0.2, 0.25) is 0 Å². The van der Waals surface area contributed by atoms with Gasteiger partial charge in [-0.3, -0.25) is 4.90 Å². The number of nitrogens with zero attached hydrogens (tertiary/aromatic N) is 1. The molecule has 0 fully saturated rings. The van der Waals surface area contributed by atoms with Crippen molar-refractivity contribution < 1.29 is 0 Å². The Bertz CT molecular complexity index is 461. The molecule has 0 bridgehead atoms. The van der Waals surface area contributed by atoms with Gasteiger partial charge < -0.3 is 0 Å². The maximum Gasteiger partial charge on any atom is 0.0243 e. The molecule has 0 saturated carbocycles. The summed E-state index contributed by atoms with van der Waals surface area (Å²) in [4.78, 5) is 2.48. The van der Waals surface area contributed by atoms with Crippen LogP contribution in [-0.4, -0.2) is 11.4 Å². The molecule has 2 aromatic rings. The van der Waals surface area contributed by atoms with Crippen molar-refractivity contribution in [2.24, 2.45) is 0 Å². The van der Waals surface area contributed by atoms with Gasteiger partial charge in [-0.2, -0.15) is 0 Å². The average molecular weight is 197 g/mol. The zero-order chi connectivity index (χ0) is 10.3. The Hall–Kier alpha value is -1.34. The van der Waals surface area contributed by atoms with Crippen LogP contribution in [0.5, 0.6) is 0 Å². The van der Waals surface area contributed by atoms with Crippen molar-refractivity contribution in [3.8, 4) is 0 Å². The van der Waals surface area contributed by atoms with Crippen molar-refractivity contribution in [1.29, 1.82) is 0 Å². The van der Waals surface area contributed by atoms with Crippen molar-refractivity contribution in [2.75, 3.05) is 6.54 Å². The molecule has 0 saturated heterocycles. The highest BCUT2D eigenvalue weighted by Gasteiger charge is 2.16. The lowest BCUT2D eigenvalue weighted by Crippen LogP contribution is -2.25. The molecule has 0 spiro atoms. The van der Waals surface area contributed by atoms with Gasteiger partial charge in [-0.15, -0.1) is 0 Å². The molecule has 0 radical (unpaired) electrons. The van der Waals surface area contributed by atoms with E-state index in [1.807, 2.05) is 0 Å². The Morgan fingerprint density at radius 1 is 1.00 bits per heavy atom. The third-order valence-corrected chi connectivity index (χ3v) is 3.31. The van der Waals surface area contributed by atoms with Crippen LogP contribution in [0.4, 0.5) is 0 Å². The molecular weight excluding hydrogens is 182 g/mol. The number of hydrogen-bond acceptors (Lipinski definition) is 1. The Kier molecular flexibility index (Phi) is 2.00. The minimum Gasteiger partial charge on any atom is -0.295 e. The molecule has 15 heavy (non-hydrogen) atoms. The predicted octanol–water partition coefficient (Wildman–Crippen LogP) is 3.18. The summed E-state index contributed by atoms with van der Waals surface area (Å²) in [6.45, 7) is 5.56. The van der Waals surface area contributed by atoms with Gasteiger partial charge in [-0.05, 0) is 28.4 Å². The minimum atomic E-state index is 1.10. The average Bonchev–Trinajstić information content (AvgIpc) is 2.29. The van der Waals surface area contributed by atoms with Crippen molar-refractivity contribution in [3.63, 3.8) is 0 Å². The first-order valence-electron chi connectivity index (χ1n) is 5.60. The summed E-state index contributed by atoms with van der Waals surface area (Å²) < 4.78 is 0. The van der Waals surface area contributed by atoms with E-state index >= 15 is 0 Å². The molecule has 0 aromatic heterocycles. The van der Waals surface area contributed by atoms with Gasteiger partial charge in [-0.1, -0.05) is 43.3 Å². The van der Waals surface area contributed by atoms with Gasteiger partial charge in [0.1, 0.15) is 0 Å². The second kappa shape index (κ2) is 3.35. The molecule has 0 aliphatic carbocycles. The quantitative estimate of drug-likeness (QED) is 0.678. The topological polar surface area (TPSA) is 3.24 Å². The molecule has 0 amide bonds. The Balaban J connectivity index is 2.27. The molecule has 1 heteroatoms. The van der Waals surface area contributed by atoms with Gasteiger partial charge in [0, 0.05) is 13.1 Å². The molecule has 1 nitrogen and oxygen atoms in total. The number of rotatable bonds is 1. The highest BCUT2D eigenvalue weighted by molar-refractivity contribution is 5.89. The largest absolute Gasteiger partial charge is 0.295 e. The molecular formula is C14H15N. The van der Waals surface area contributed by atoms with Crippen LogP contribution < -0.4 is 0 Å². The lowest BCUT2D eigenvalue weighted by Gasteiger charge is -2.27. The summed E-state index contributed by atoms with van der Waals surface area (Å²) >= 11 is 0. The van der Waals surface area contributed by atoms with E-state index in [0.717, 1.165) is 19.6 Å². The maximum absolute atomic E-state index is 2.48. The Morgan fingerprint density at radius 2 is 1.60 bits per heavy atom. The molecule has 0 N–H and O–H groups in total. The van der Waals surface area contributed by atoms with Crippen LogP contribution in [0, 0.1) is 0 Å². The van der Waals surface area contributed by atoms with E-state index in [-0.39, 0.29) is 0 Å². The van der Waals surface area contributed by atoms with Crippen LogP contribution in [-0.2, 0) is 13.1 Å². The van der Waals surface area contributed by atoms with Gasteiger partial charge >= 0.3 is 0 Å². The summed E-state index contributed by atoms with van der Waals surface area (Å²) in [5.41, 5.74) is 2.97. The van der Waals surface area contributed by atoms with Crippen molar-refractivity contribution in [2.45, 2.75) is 20.0 Å². The van der Waals surface area contributed by atoms with Gasteiger partial charge in [-0.25, -0.2) is 0 Å². The smallest absolute Gasteiger partial charge is 0.0243 e. The normalized spacial score (nSPS) is 15.8. The number of benzene rings is 2. The van der Waals surface area contributed by atoms with E-state index in [4.69, 9.17) is 0 Å². The summed E-state index contributed by atoms with van der Waals surface area (Å²) in [6.07, 6.45) is 0. The van der Waals surface area contributed by atoms with Gasteiger partial charge in [0.25, 0.3) is 0 Å². The van der Waals surface area contributed by atoms with Gasteiger partial charge in [0.2, 0.25) is 0 Å². The van der Waals surface area contributed by atoms with E-state index < -0.39 is 0 Å². The zero-order valence-electron chi connectivity index (χ0n) is 9.03. The standard InChI is InChI=1S/C14H15N/c1-2-15-9-12-7-3-5-11-6-4-8-13(10-15)14(11)12/h3-8H,2,9-10H2,1H3. The maximum atomic E-state index is 2.48. The molecule has 1 aliphatic rings. The van der Waals surface area contributed by atoms with Crippen LogP contribution in [0.3, 0.4) is 0 Å². The highest BCUT2D eigenvalue weighted by Crippen LogP contribution is 2.29. The van der Waals surface area contributed by atoms with E-state index in [0.29, 0.717) is 0 Å². The van der Waals surface area contributed by atoms with Crippen molar-refractivity contribution >= 4 is 10.8 Å². The van der Waals surface area contributed by atoms with E-state index in [1.165, 1.54) is 21.9 Å². The lowest BCUT2D eigenvalue weighted by atomic mass is 9.95. The first-order valence-corrected chi connectivity index (χ1v) is 5.60. The molecule has 3 rings (SSSR count). The van der Waals surface area contributed by atoms with Gasteiger partial charge in [0.05, 0.1) is 0 Å². The van der Waals surface area contributed by atoms with Crippen LogP contribution >= 0.6 is 0 Å². The van der Waals surface area contributed by atoms with Crippen molar-refractivity contribution in [3.05, 3.63) is 47.5 Å². The first kappa shape index (κ1) is 8.93. The summed E-state index contributed by atoms with van der Waals surface area (Å²) in [7, 11) is 0. The lowest BCUT2D eigenvalue weighted by molar-refractivity contribution is 0.267. The van der Waals surface area contributed by atoms with E-state index in [2.05, 4.69) is 48.2 Å². The highest BCUT2D eigenvalue weighted by atomic mass is 15.1. The molecule has 0 unspecified atom stereocenters. The summed E-state index contributed by atoms with van der Waals surface area (Å²) in [6, 6.07) is 13.3.